The minimum absolute atomic E-state index is 0.235. The van der Waals surface area contributed by atoms with Gasteiger partial charge in [0.2, 0.25) is 0 Å². The van der Waals surface area contributed by atoms with Crippen LogP contribution < -0.4 is 0 Å². The maximum atomic E-state index is 9.46. The zero-order valence-corrected chi connectivity index (χ0v) is 8.67. The normalized spacial score (nSPS) is 22.1. The second-order valence-electron chi connectivity index (χ2n) is 4.95. The molecule has 13 heavy (non-hydrogen) atoms. The van der Waals surface area contributed by atoms with Crippen LogP contribution in [0.3, 0.4) is 0 Å². The molecule has 1 aliphatic rings. The number of hydrogen-bond acceptors (Lipinski definition) is 3. The number of nitrogens with zero attached hydrogens (tertiary/aromatic N) is 2. The van der Waals surface area contributed by atoms with E-state index in [-0.39, 0.29) is 5.41 Å². The van der Waals surface area contributed by atoms with Gasteiger partial charge in [-0.2, -0.15) is 5.26 Å². The number of β-amino-alcohol motifs (C(OH)–C–C–N with tert-alkyl or cyclic N) is 1. The van der Waals surface area contributed by atoms with Crippen LogP contribution in [0.4, 0.5) is 0 Å². The quantitative estimate of drug-likeness (QED) is 0.708. The highest BCUT2D eigenvalue weighted by molar-refractivity contribution is 4.95. The van der Waals surface area contributed by atoms with Gasteiger partial charge in [-0.15, -0.1) is 0 Å². The first-order valence-corrected chi connectivity index (χ1v) is 4.71. The van der Waals surface area contributed by atoms with Crippen LogP contribution in [0.25, 0.3) is 0 Å². The third kappa shape index (κ3) is 2.98. The van der Waals surface area contributed by atoms with Crippen molar-refractivity contribution in [3.63, 3.8) is 0 Å². The first kappa shape index (κ1) is 10.5. The van der Waals surface area contributed by atoms with Crippen LogP contribution in [0.5, 0.6) is 0 Å². The van der Waals surface area contributed by atoms with Crippen molar-refractivity contribution in [3.05, 3.63) is 0 Å². The number of rotatable bonds is 3. The lowest BCUT2D eigenvalue weighted by molar-refractivity contribution is -0.0851. The summed E-state index contributed by atoms with van der Waals surface area (Å²) in [6.07, 6.45) is 0.875. The van der Waals surface area contributed by atoms with E-state index in [1.54, 1.807) is 0 Å². The SMILES string of the molecule is CC(C)(C#N)CCN1CC(C)(O)C1. The summed E-state index contributed by atoms with van der Waals surface area (Å²) in [7, 11) is 0. The Morgan fingerprint density at radius 2 is 2.08 bits per heavy atom. The minimum Gasteiger partial charge on any atom is -0.388 e. The van der Waals surface area contributed by atoms with Crippen LogP contribution in [0.2, 0.25) is 0 Å². The van der Waals surface area contributed by atoms with E-state index in [4.69, 9.17) is 5.26 Å². The average molecular weight is 182 g/mol. The predicted molar refractivity (Wildman–Crippen MR) is 51.1 cm³/mol. The standard InChI is InChI=1S/C10H18N2O/c1-9(2,6-11)4-5-12-7-10(3,13)8-12/h13H,4-5,7-8H2,1-3H3. The van der Waals surface area contributed by atoms with Gasteiger partial charge in [0.15, 0.2) is 0 Å². The highest BCUT2D eigenvalue weighted by atomic mass is 16.3. The largest absolute Gasteiger partial charge is 0.388 e. The van der Waals surface area contributed by atoms with E-state index in [0.29, 0.717) is 0 Å². The molecule has 0 unspecified atom stereocenters. The van der Waals surface area contributed by atoms with Gasteiger partial charge >= 0.3 is 0 Å². The lowest BCUT2D eigenvalue weighted by Crippen LogP contribution is -2.60. The van der Waals surface area contributed by atoms with Gasteiger partial charge in [-0.25, -0.2) is 0 Å². The van der Waals surface area contributed by atoms with E-state index < -0.39 is 5.60 Å². The van der Waals surface area contributed by atoms with Gasteiger partial charge in [0.1, 0.15) is 0 Å². The van der Waals surface area contributed by atoms with Crippen molar-refractivity contribution in [2.75, 3.05) is 19.6 Å². The first-order valence-electron chi connectivity index (χ1n) is 4.71. The third-order valence-corrected chi connectivity index (χ3v) is 2.48. The molecule has 1 fully saturated rings. The third-order valence-electron chi connectivity index (χ3n) is 2.48. The molecule has 0 saturated carbocycles. The molecule has 0 spiro atoms. The molecule has 1 N–H and O–H groups in total. The van der Waals surface area contributed by atoms with Gasteiger partial charge in [0, 0.05) is 13.1 Å². The zero-order valence-electron chi connectivity index (χ0n) is 8.67. The summed E-state index contributed by atoms with van der Waals surface area (Å²) in [6.45, 7) is 8.15. The topological polar surface area (TPSA) is 47.3 Å². The zero-order chi connectivity index (χ0) is 10.1. The molecular formula is C10H18N2O. The maximum Gasteiger partial charge on any atom is 0.0872 e. The number of likely N-dealkylation sites (tertiary alicyclic amines) is 1. The molecule has 0 aromatic carbocycles. The summed E-state index contributed by atoms with van der Waals surface area (Å²) in [5.74, 6) is 0. The fourth-order valence-electron chi connectivity index (χ4n) is 1.57. The second kappa shape index (κ2) is 3.28. The fraction of sp³-hybridized carbons (Fsp3) is 0.900. The molecule has 0 atom stereocenters. The molecule has 0 aromatic heterocycles. The van der Waals surface area contributed by atoms with Crippen molar-refractivity contribution in [2.24, 2.45) is 5.41 Å². The van der Waals surface area contributed by atoms with Crippen molar-refractivity contribution in [3.8, 4) is 6.07 Å². The van der Waals surface area contributed by atoms with Crippen molar-refractivity contribution < 1.29 is 5.11 Å². The lowest BCUT2D eigenvalue weighted by atomic mass is 9.89. The van der Waals surface area contributed by atoms with E-state index in [1.165, 1.54) is 0 Å². The van der Waals surface area contributed by atoms with Gasteiger partial charge in [-0.05, 0) is 33.7 Å². The van der Waals surface area contributed by atoms with Gasteiger partial charge in [-0.3, -0.25) is 4.90 Å². The highest BCUT2D eigenvalue weighted by Gasteiger charge is 2.36. The summed E-state index contributed by atoms with van der Waals surface area (Å²) in [5.41, 5.74) is -0.724. The summed E-state index contributed by atoms with van der Waals surface area (Å²) < 4.78 is 0. The Balaban J connectivity index is 2.20. The van der Waals surface area contributed by atoms with Crippen LogP contribution in [-0.2, 0) is 0 Å². The smallest absolute Gasteiger partial charge is 0.0872 e. The van der Waals surface area contributed by atoms with E-state index in [2.05, 4.69) is 11.0 Å². The van der Waals surface area contributed by atoms with Crippen LogP contribution in [-0.4, -0.2) is 35.2 Å². The Kier molecular flexibility index (Phi) is 2.65. The van der Waals surface area contributed by atoms with Crippen LogP contribution in [0, 0.1) is 16.7 Å². The lowest BCUT2D eigenvalue weighted by Gasteiger charge is -2.44. The molecule has 74 valence electrons. The molecule has 1 heterocycles. The summed E-state index contributed by atoms with van der Waals surface area (Å²) in [4.78, 5) is 2.18. The summed E-state index contributed by atoms with van der Waals surface area (Å²) >= 11 is 0. The summed E-state index contributed by atoms with van der Waals surface area (Å²) in [6, 6.07) is 2.28. The monoisotopic (exact) mass is 182 g/mol. The number of nitriles is 1. The van der Waals surface area contributed by atoms with E-state index >= 15 is 0 Å². The van der Waals surface area contributed by atoms with Crippen LogP contribution >= 0.6 is 0 Å². The van der Waals surface area contributed by atoms with Crippen molar-refractivity contribution in [1.82, 2.24) is 4.90 Å². The molecule has 1 aliphatic heterocycles. The molecular weight excluding hydrogens is 164 g/mol. The van der Waals surface area contributed by atoms with Gasteiger partial charge in [0.05, 0.1) is 17.1 Å². The molecule has 0 aliphatic carbocycles. The number of hydrogen-bond donors (Lipinski definition) is 1. The Bertz CT molecular complexity index is 220. The van der Waals surface area contributed by atoms with Crippen molar-refractivity contribution >= 4 is 0 Å². The van der Waals surface area contributed by atoms with Gasteiger partial charge in [0.25, 0.3) is 0 Å². The highest BCUT2D eigenvalue weighted by Crippen LogP contribution is 2.24. The molecule has 1 saturated heterocycles. The van der Waals surface area contributed by atoms with Gasteiger partial charge in [-0.1, -0.05) is 0 Å². The molecule has 0 aromatic rings. The van der Waals surface area contributed by atoms with Crippen LogP contribution in [0.15, 0.2) is 0 Å². The molecule has 3 heteroatoms. The molecule has 0 bridgehead atoms. The van der Waals surface area contributed by atoms with Crippen LogP contribution in [0.1, 0.15) is 27.2 Å². The van der Waals surface area contributed by atoms with E-state index in [0.717, 1.165) is 26.1 Å². The summed E-state index contributed by atoms with van der Waals surface area (Å²) in [5, 5.41) is 18.2. The van der Waals surface area contributed by atoms with Crippen molar-refractivity contribution in [1.29, 1.82) is 5.26 Å². The molecule has 1 rings (SSSR count). The first-order chi connectivity index (χ1) is 5.85. The fourth-order valence-corrected chi connectivity index (χ4v) is 1.57. The Hall–Kier alpha value is -0.590. The molecule has 3 nitrogen and oxygen atoms in total. The predicted octanol–water partition coefficient (Wildman–Crippen LogP) is 0.993. The van der Waals surface area contributed by atoms with E-state index in [1.807, 2.05) is 20.8 Å². The van der Waals surface area contributed by atoms with E-state index in [9.17, 15) is 5.11 Å². The molecule has 0 radical (unpaired) electrons. The Labute approximate surface area is 80.0 Å². The minimum atomic E-state index is -0.489. The number of aliphatic hydroxyl groups is 1. The Morgan fingerprint density at radius 1 is 1.54 bits per heavy atom. The van der Waals surface area contributed by atoms with Crippen molar-refractivity contribution in [2.45, 2.75) is 32.8 Å². The second-order valence-corrected chi connectivity index (χ2v) is 4.95. The molecule has 0 amide bonds. The Morgan fingerprint density at radius 3 is 2.46 bits per heavy atom. The maximum absolute atomic E-state index is 9.46. The average Bonchev–Trinajstić information content (AvgIpc) is 1.97. The van der Waals surface area contributed by atoms with Gasteiger partial charge < -0.3 is 5.11 Å².